The third-order valence-corrected chi connectivity index (χ3v) is 7.44. The van der Waals surface area contributed by atoms with Crippen LogP contribution in [-0.2, 0) is 24.7 Å². The molecule has 8 nitrogen and oxygen atoms in total. The van der Waals surface area contributed by atoms with Gasteiger partial charge in [0.05, 0.1) is 20.1 Å². The van der Waals surface area contributed by atoms with E-state index in [0.717, 1.165) is 32.4 Å². The van der Waals surface area contributed by atoms with Gasteiger partial charge >= 0.3 is 12.1 Å². The summed E-state index contributed by atoms with van der Waals surface area (Å²) in [5, 5.41) is 23.6. The van der Waals surface area contributed by atoms with Gasteiger partial charge in [0.1, 0.15) is 5.97 Å². The smallest absolute Gasteiger partial charge is 0.430 e. The molecule has 3 heterocycles. The van der Waals surface area contributed by atoms with Gasteiger partial charge in [0.15, 0.2) is 6.10 Å². The summed E-state index contributed by atoms with van der Waals surface area (Å²) in [6, 6.07) is 17.3. The number of carboxylic acids is 1. The van der Waals surface area contributed by atoms with Crippen LogP contribution in [0.15, 0.2) is 60.7 Å². The number of ether oxygens (including phenoxy) is 1. The number of alkyl halides is 3. The molecule has 2 N–H and O–H groups in total. The molecule has 2 atom stereocenters. The average molecular weight is 551 g/mol. The normalized spacial score (nSPS) is 24.2. The minimum absolute atomic E-state index is 0.0699. The summed E-state index contributed by atoms with van der Waals surface area (Å²) < 4.78 is 38.2. The number of rotatable bonds is 7. The van der Waals surface area contributed by atoms with E-state index in [9.17, 15) is 27.9 Å². The summed E-state index contributed by atoms with van der Waals surface area (Å²) in [5.41, 5.74) is -1.05. The molecule has 2 bridgehead atoms. The van der Waals surface area contributed by atoms with Crippen LogP contribution in [0.2, 0.25) is 0 Å². The summed E-state index contributed by atoms with van der Waals surface area (Å²) in [6.07, 6.45) is -3.11. The van der Waals surface area contributed by atoms with Crippen LogP contribution in [0.5, 0.6) is 0 Å². The molecule has 1 unspecified atom stereocenters. The second kappa shape index (κ2) is 12.2. The summed E-state index contributed by atoms with van der Waals surface area (Å²) in [5.74, 6) is -3.69. The van der Waals surface area contributed by atoms with Crippen molar-refractivity contribution in [2.75, 3.05) is 26.7 Å². The predicted octanol–water partition coefficient (Wildman–Crippen LogP) is 1.90. The molecule has 3 aliphatic heterocycles. The van der Waals surface area contributed by atoms with Crippen LogP contribution in [0, 0.1) is 5.92 Å². The number of aliphatic carboxylic acids is 1. The minimum Gasteiger partial charge on any atom is -0.542 e. The minimum atomic E-state index is -5.19. The molecule has 2 aromatic rings. The molecule has 5 rings (SSSR count). The fourth-order valence-electron chi connectivity index (χ4n) is 5.31. The number of carbonyl (C=O) groups excluding carboxylic acids is 3. The van der Waals surface area contributed by atoms with E-state index < -0.39 is 35.9 Å². The van der Waals surface area contributed by atoms with Gasteiger partial charge in [0, 0.05) is 25.3 Å². The van der Waals surface area contributed by atoms with Crippen molar-refractivity contribution in [3.05, 3.63) is 71.8 Å². The number of benzene rings is 2. The van der Waals surface area contributed by atoms with Crippen molar-refractivity contribution in [1.29, 1.82) is 0 Å². The average Bonchev–Trinajstić information content (AvgIpc) is 2.92. The molecule has 0 saturated carbocycles. The van der Waals surface area contributed by atoms with Crippen molar-refractivity contribution in [3.8, 4) is 0 Å². The molecule has 3 saturated heterocycles. The maximum Gasteiger partial charge on any atom is 0.430 e. The zero-order valence-corrected chi connectivity index (χ0v) is 21.8. The van der Waals surface area contributed by atoms with E-state index in [4.69, 9.17) is 14.6 Å². The summed E-state index contributed by atoms with van der Waals surface area (Å²) >= 11 is 0. The van der Waals surface area contributed by atoms with E-state index in [0.29, 0.717) is 22.2 Å². The van der Waals surface area contributed by atoms with Crippen LogP contribution >= 0.6 is 0 Å². The molecular formula is C28H33F3N2O6. The van der Waals surface area contributed by atoms with Crippen molar-refractivity contribution < 1.29 is 47.0 Å². The lowest BCUT2D eigenvalue weighted by Gasteiger charge is -2.54. The van der Waals surface area contributed by atoms with Crippen molar-refractivity contribution in [2.45, 2.75) is 50.1 Å². The number of aliphatic hydroxyl groups is 1. The summed E-state index contributed by atoms with van der Waals surface area (Å²) in [6.45, 7) is 4.40. The fourth-order valence-corrected chi connectivity index (χ4v) is 5.31. The monoisotopic (exact) mass is 550 g/mol. The first kappa shape index (κ1) is 30.1. The maximum absolute atomic E-state index is 13.7. The van der Waals surface area contributed by atoms with Crippen molar-refractivity contribution >= 4 is 17.8 Å². The van der Waals surface area contributed by atoms with Crippen LogP contribution < -0.4 is 10.4 Å². The number of amides is 1. The van der Waals surface area contributed by atoms with E-state index >= 15 is 0 Å². The lowest BCUT2D eigenvalue weighted by molar-refractivity contribution is -0.943. The number of hydrogen-bond acceptors (Lipinski definition) is 6. The molecule has 3 aliphatic rings. The Labute approximate surface area is 225 Å². The Morgan fingerprint density at radius 2 is 1.46 bits per heavy atom. The van der Waals surface area contributed by atoms with Crippen molar-refractivity contribution in [3.63, 3.8) is 0 Å². The second-order valence-corrected chi connectivity index (χ2v) is 10.1. The maximum atomic E-state index is 13.7. The van der Waals surface area contributed by atoms with Gasteiger partial charge in [-0.1, -0.05) is 67.6 Å². The Morgan fingerprint density at radius 3 is 1.87 bits per heavy atom. The number of nitrogens with zero attached hydrogens (tertiary/aromatic N) is 1. The number of nitrogens with one attached hydrogen (secondary N) is 1. The number of hydrogen-bond donors (Lipinski definition) is 2. The largest absolute Gasteiger partial charge is 0.542 e. The highest BCUT2D eigenvalue weighted by Crippen LogP contribution is 2.41. The Kier molecular flexibility index (Phi) is 9.39. The van der Waals surface area contributed by atoms with Crippen molar-refractivity contribution in [1.82, 2.24) is 5.32 Å². The highest BCUT2D eigenvalue weighted by atomic mass is 19.4. The van der Waals surface area contributed by atoms with Gasteiger partial charge in [-0.25, -0.2) is 4.79 Å². The molecule has 3 fully saturated rings. The second-order valence-electron chi connectivity index (χ2n) is 10.1. The van der Waals surface area contributed by atoms with Gasteiger partial charge in [0.2, 0.25) is 11.6 Å². The number of quaternary nitrogens is 1. The molecule has 0 radical (unpaired) electrons. The Balaban J connectivity index is 0.000000532. The Bertz CT molecular complexity index is 1100. The summed E-state index contributed by atoms with van der Waals surface area (Å²) in [7, 11) is 2.08. The zero-order valence-electron chi connectivity index (χ0n) is 21.8. The van der Waals surface area contributed by atoms with E-state index in [-0.39, 0.29) is 11.8 Å². The van der Waals surface area contributed by atoms with Gasteiger partial charge in [-0.05, 0) is 17.5 Å². The lowest BCUT2D eigenvalue weighted by atomic mass is 9.77. The first-order valence-corrected chi connectivity index (χ1v) is 12.8. The number of esters is 1. The van der Waals surface area contributed by atoms with E-state index in [1.807, 2.05) is 19.1 Å². The molecule has 39 heavy (non-hydrogen) atoms. The van der Waals surface area contributed by atoms with Gasteiger partial charge in [-0.2, -0.15) is 13.2 Å². The lowest BCUT2D eigenvalue weighted by Crippen LogP contribution is -2.73. The molecule has 212 valence electrons. The van der Waals surface area contributed by atoms with Gasteiger partial charge in [-0.3, -0.25) is 4.79 Å². The molecule has 2 aromatic carbocycles. The SMILES string of the molecule is CCCNC(=O)C1[C@H](OC(=O)C(O)(c2ccccc2)c2ccccc2)C2CC[N+]1(C)CC2.O=C([O-])C(F)(F)F. The highest BCUT2D eigenvalue weighted by Gasteiger charge is 2.58. The van der Waals surface area contributed by atoms with Crippen LogP contribution in [-0.4, -0.2) is 72.4 Å². The van der Waals surface area contributed by atoms with Crippen molar-refractivity contribution in [2.24, 2.45) is 5.92 Å². The van der Waals surface area contributed by atoms with E-state index in [1.54, 1.807) is 48.5 Å². The topological polar surface area (TPSA) is 116 Å². The Hall–Kier alpha value is -3.44. The molecule has 0 spiro atoms. The van der Waals surface area contributed by atoms with Crippen LogP contribution in [0.1, 0.15) is 37.3 Å². The first-order chi connectivity index (χ1) is 18.3. The number of carbonyl (C=O) groups is 3. The molecular weight excluding hydrogens is 517 g/mol. The number of fused-ring (bicyclic) bond motifs is 3. The van der Waals surface area contributed by atoms with Crippen LogP contribution in [0.4, 0.5) is 13.2 Å². The summed E-state index contributed by atoms with van der Waals surface area (Å²) in [4.78, 5) is 35.6. The standard InChI is InChI=1S/C26H32N2O4.C2HF3O2/c1-3-16-27-24(29)22-23(19-14-17-28(22,2)18-15-19)32-25(30)26(31,20-10-6-4-7-11-20)21-12-8-5-9-13-21;3-2(4,5)1(6)7/h4-13,19,22-23,31H,3,14-18H2,1-2H3;(H,6,7)/t19?,22?,23-,28?;/m1./s1. The van der Waals surface area contributed by atoms with E-state index in [2.05, 4.69) is 12.4 Å². The fraction of sp³-hybridized carbons (Fsp3) is 0.464. The Morgan fingerprint density at radius 1 is 1.00 bits per heavy atom. The molecule has 0 aromatic heterocycles. The number of piperidine rings is 3. The molecule has 1 amide bonds. The van der Waals surface area contributed by atoms with E-state index in [1.165, 1.54) is 0 Å². The number of carboxylic acid groups (broad SMARTS) is 1. The number of halogens is 3. The van der Waals surface area contributed by atoms with Gasteiger partial charge in [-0.15, -0.1) is 0 Å². The quantitative estimate of drug-likeness (QED) is 0.402. The van der Waals surface area contributed by atoms with Gasteiger partial charge in [0.25, 0.3) is 5.91 Å². The predicted molar refractivity (Wildman–Crippen MR) is 133 cm³/mol. The third-order valence-electron chi connectivity index (χ3n) is 7.44. The van der Waals surface area contributed by atoms with Crippen LogP contribution in [0.3, 0.4) is 0 Å². The molecule has 11 heteroatoms. The van der Waals surface area contributed by atoms with Gasteiger partial charge < -0.3 is 29.5 Å². The highest BCUT2D eigenvalue weighted by molar-refractivity contribution is 5.87. The number of likely N-dealkylation sites (N-methyl/N-ethyl adjacent to an activating group) is 1. The van der Waals surface area contributed by atoms with Crippen LogP contribution in [0.25, 0.3) is 0 Å². The zero-order chi connectivity index (χ0) is 28.8. The molecule has 0 aliphatic carbocycles. The first-order valence-electron chi connectivity index (χ1n) is 12.8. The third kappa shape index (κ3) is 6.59.